The lowest BCUT2D eigenvalue weighted by atomic mass is 9.84. The van der Waals surface area contributed by atoms with E-state index in [0.717, 1.165) is 22.3 Å². The molecule has 1 atom stereocenters. The van der Waals surface area contributed by atoms with Crippen LogP contribution >= 0.6 is 0 Å². The number of fused-ring (bicyclic) bond motifs is 2. The molecule has 1 aliphatic rings. The van der Waals surface area contributed by atoms with Gasteiger partial charge in [0.05, 0.1) is 6.20 Å². The van der Waals surface area contributed by atoms with Crippen LogP contribution in [0.1, 0.15) is 11.8 Å². The van der Waals surface area contributed by atoms with Crippen molar-refractivity contribution in [1.29, 1.82) is 0 Å². The van der Waals surface area contributed by atoms with Crippen molar-refractivity contribution < 1.29 is 9.15 Å². The average Bonchev–Trinajstić information content (AvgIpc) is 3.80. The maximum atomic E-state index is 5.80. The molecule has 1 N–H and O–H groups in total. The molecule has 0 radical (unpaired) electrons. The van der Waals surface area contributed by atoms with Crippen molar-refractivity contribution in [3.8, 4) is 44.8 Å². The smallest absolute Gasteiger partial charge is 0.225 e. The molecule has 0 saturated carbocycles. The second-order valence-corrected chi connectivity index (χ2v) is 10.5. The predicted molar refractivity (Wildman–Crippen MR) is 169 cm³/mol. The van der Waals surface area contributed by atoms with Gasteiger partial charge in [0.15, 0.2) is 6.23 Å². The molecule has 200 valence electrons. The molecule has 0 spiro atoms. The van der Waals surface area contributed by atoms with Gasteiger partial charge in [-0.15, -0.1) is 0 Å². The summed E-state index contributed by atoms with van der Waals surface area (Å²) in [6.45, 7) is 0. The summed E-state index contributed by atoms with van der Waals surface area (Å²) in [6, 6.07) is 43.3. The van der Waals surface area contributed by atoms with E-state index in [-0.39, 0.29) is 6.23 Å². The first kappa shape index (κ1) is 24.2. The highest BCUT2D eigenvalue weighted by Gasteiger charge is 2.20. The van der Waals surface area contributed by atoms with Crippen LogP contribution in [0.3, 0.4) is 0 Å². The van der Waals surface area contributed by atoms with Crippen LogP contribution < -0.4 is 5.32 Å². The number of nitrogens with one attached hydrogen (secondary N) is 1. The summed E-state index contributed by atoms with van der Waals surface area (Å²) >= 11 is 0. The highest BCUT2D eigenvalue weighted by atomic mass is 16.5. The number of nitrogens with zero attached hydrogens (tertiary/aromatic N) is 1. The maximum Gasteiger partial charge on any atom is 0.225 e. The van der Waals surface area contributed by atoms with Gasteiger partial charge in [-0.25, -0.2) is 4.98 Å². The van der Waals surface area contributed by atoms with E-state index in [9.17, 15) is 0 Å². The van der Waals surface area contributed by atoms with Crippen molar-refractivity contribution in [2.24, 2.45) is 0 Å². The van der Waals surface area contributed by atoms with Crippen molar-refractivity contribution in [2.75, 3.05) is 0 Å². The molecule has 6 aromatic carbocycles. The Morgan fingerprint density at radius 3 is 2.00 bits per heavy atom. The molecule has 0 amide bonds. The molecule has 42 heavy (non-hydrogen) atoms. The molecule has 2 heterocycles. The highest BCUT2D eigenvalue weighted by Crippen LogP contribution is 2.45. The van der Waals surface area contributed by atoms with Crippen LogP contribution in [0.15, 0.2) is 151 Å². The van der Waals surface area contributed by atoms with E-state index in [0.29, 0.717) is 5.89 Å². The third-order valence-electron chi connectivity index (χ3n) is 7.97. The molecule has 0 saturated heterocycles. The van der Waals surface area contributed by atoms with Crippen molar-refractivity contribution in [3.05, 3.63) is 152 Å². The van der Waals surface area contributed by atoms with Crippen molar-refractivity contribution >= 4 is 21.5 Å². The first-order chi connectivity index (χ1) is 20.8. The average molecular weight is 543 g/mol. The third-order valence-corrected chi connectivity index (χ3v) is 7.97. The zero-order valence-electron chi connectivity index (χ0n) is 22.7. The zero-order chi connectivity index (χ0) is 27.9. The summed E-state index contributed by atoms with van der Waals surface area (Å²) in [4.78, 5) is 4.40. The fourth-order valence-corrected chi connectivity index (χ4v) is 6.10. The van der Waals surface area contributed by atoms with Crippen molar-refractivity contribution in [1.82, 2.24) is 10.3 Å². The lowest BCUT2D eigenvalue weighted by Crippen LogP contribution is -2.11. The Kier molecular flexibility index (Phi) is 5.82. The van der Waals surface area contributed by atoms with Crippen molar-refractivity contribution in [3.63, 3.8) is 0 Å². The van der Waals surface area contributed by atoms with Gasteiger partial charge < -0.3 is 14.5 Å². The first-order valence-corrected chi connectivity index (χ1v) is 14.0. The molecule has 1 aliphatic heterocycles. The van der Waals surface area contributed by atoms with Crippen LogP contribution in [0.5, 0.6) is 0 Å². The molecule has 0 fully saturated rings. The Labute approximate surface area is 243 Å². The summed E-state index contributed by atoms with van der Waals surface area (Å²) in [5.41, 5.74) is 9.07. The highest BCUT2D eigenvalue weighted by molar-refractivity contribution is 6.22. The Bertz CT molecular complexity index is 2090. The SMILES string of the molecule is C1=COC(c2cccc(-c3c4ccccc4c(-c4cccc(-c5ncco5)c4)c4ccc(-c5ccccc5)cc34)c2)N1. The van der Waals surface area contributed by atoms with E-state index in [1.54, 1.807) is 18.7 Å². The minimum Gasteiger partial charge on any atom is -0.473 e. The van der Waals surface area contributed by atoms with Gasteiger partial charge in [-0.1, -0.05) is 97.1 Å². The minimum absolute atomic E-state index is 0.195. The lowest BCUT2D eigenvalue weighted by molar-refractivity contribution is 0.155. The number of aromatic nitrogens is 1. The molecule has 0 aliphatic carbocycles. The van der Waals surface area contributed by atoms with Gasteiger partial charge in [-0.3, -0.25) is 0 Å². The monoisotopic (exact) mass is 542 g/mol. The van der Waals surface area contributed by atoms with Crippen LogP contribution in [0.2, 0.25) is 0 Å². The first-order valence-electron chi connectivity index (χ1n) is 14.0. The van der Waals surface area contributed by atoms with Crippen LogP contribution in [0.25, 0.3) is 66.4 Å². The van der Waals surface area contributed by atoms with Gasteiger partial charge in [0.2, 0.25) is 5.89 Å². The number of hydrogen-bond acceptors (Lipinski definition) is 4. The van der Waals surface area contributed by atoms with Crippen LogP contribution in [0.4, 0.5) is 0 Å². The summed E-state index contributed by atoms with van der Waals surface area (Å²) in [5, 5.41) is 8.07. The van der Waals surface area contributed by atoms with E-state index in [4.69, 9.17) is 9.15 Å². The van der Waals surface area contributed by atoms with Gasteiger partial charge >= 0.3 is 0 Å². The zero-order valence-corrected chi connectivity index (χ0v) is 22.7. The number of ether oxygens (including phenoxy) is 1. The molecule has 4 heteroatoms. The normalized spacial score (nSPS) is 14.2. The van der Waals surface area contributed by atoms with Gasteiger partial charge in [0, 0.05) is 17.3 Å². The van der Waals surface area contributed by atoms with Crippen LogP contribution in [-0.4, -0.2) is 4.98 Å². The van der Waals surface area contributed by atoms with E-state index in [1.165, 1.54) is 43.8 Å². The van der Waals surface area contributed by atoms with E-state index >= 15 is 0 Å². The molecule has 0 bridgehead atoms. The Morgan fingerprint density at radius 2 is 1.24 bits per heavy atom. The standard InChI is InChI=1S/C38H26N2O2/c1-2-8-25(9-3-1)26-16-17-33-34(24-26)36(28-11-7-13-30(23-28)38-40-19-21-42-38)32-15-5-4-14-31(32)35(33)27-10-6-12-29(22-27)37-39-18-20-41-37/h1-24,38,40H. The van der Waals surface area contributed by atoms with Gasteiger partial charge in [-0.05, 0) is 79.2 Å². The van der Waals surface area contributed by atoms with Crippen LogP contribution in [-0.2, 0) is 4.74 Å². The van der Waals surface area contributed by atoms with Crippen LogP contribution in [0, 0.1) is 0 Å². The van der Waals surface area contributed by atoms with Gasteiger partial charge in [0.1, 0.15) is 12.5 Å². The van der Waals surface area contributed by atoms with E-state index in [1.807, 2.05) is 12.3 Å². The quantitative estimate of drug-likeness (QED) is 0.220. The number of benzene rings is 6. The summed E-state index contributed by atoms with van der Waals surface area (Å²) in [5.74, 6) is 0.613. The Morgan fingerprint density at radius 1 is 0.548 bits per heavy atom. The Hall–Kier alpha value is -5.61. The third kappa shape index (κ3) is 4.13. The second-order valence-electron chi connectivity index (χ2n) is 10.5. The number of rotatable bonds is 5. The molecular weight excluding hydrogens is 516 g/mol. The number of hydrogen-bond donors (Lipinski definition) is 1. The number of oxazole rings is 1. The molecule has 4 nitrogen and oxygen atoms in total. The van der Waals surface area contributed by atoms with Crippen molar-refractivity contribution in [2.45, 2.75) is 6.23 Å². The van der Waals surface area contributed by atoms with E-state index < -0.39 is 0 Å². The minimum atomic E-state index is -0.195. The molecule has 1 unspecified atom stereocenters. The molecule has 1 aromatic heterocycles. The summed E-state index contributed by atoms with van der Waals surface area (Å²) < 4.78 is 11.4. The van der Waals surface area contributed by atoms with E-state index in [2.05, 4.69) is 126 Å². The van der Waals surface area contributed by atoms with Gasteiger partial charge in [-0.2, -0.15) is 0 Å². The van der Waals surface area contributed by atoms with Gasteiger partial charge in [0.25, 0.3) is 0 Å². The fourth-order valence-electron chi connectivity index (χ4n) is 6.10. The fraction of sp³-hybridized carbons (Fsp3) is 0.0263. The Balaban J connectivity index is 1.44. The molecule has 7 aromatic rings. The summed E-state index contributed by atoms with van der Waals surface area (Å²) in [7, 11) is 0. The molecular formula is C38H26N2O2. The second kappa shape index (κ2) is 10.1. The maximum absolute atomic E-state index is 5.80. The lowest BCUT2D eigenvalue weighted by Gasteiger charge is -2.20. The summed E-state index contributed by atoms with van der Waals surface area (Å²) in [6.07, 6.45) is 6.65. The largest absolute Gasteiger partial charge is 0.473 e. The predicted octanol–water partition coefficient (Wildman–Crippen LogP) is 9.74. The topological polar surface area (TPSA) is 47.3 Å². The molecule has 8 rings (SSSR count).